The number of esters is 1. The van der Waals surface area contributed by atoms with Gasteiger partial charge in [0, 0.05) is 11.6 Å². The summed E-state index contributed by atoms with van der Waals surface area (Å²) in [5, 5.41) is 0. The Bertz CT molecular complexity index is 413. The molecule has 92 valence electrons. The molecular formula is C13H15FO3. The summed E-state index contributed by atoms with van der Waals surface area (Å²) in [6.45, 7) is 2.12. The van der Waals surface area contributed by atoms with Gasteiger partial charge in [-0.3, -0.25) is 4.79 Å². The fourth-order valence-corrected chi connectivity index (χ4v) is 1.32. The summed E-state index contributed by atoms with van der Waals surface area (Å²) in [4.78, 5) is 11.1. The van der Waals surface area contributed by atoms with Crippen molar-refractivity contribution in [3.8, 4) is 5.75 Å². The third-order valence-electron chi connectivity index (χ3n) is 2.08. The molecule has 0 fully saturated rings. The maximum Gasteiger partial charge on any atom is 0.309 e. The Balaban J connectivity index is 2.67. The molecule has 0 aliphatic rings. The second-order valence-electron chi connectivity index (χ2n) is 3.30. The Labute approximate surface area is 99.9 Å². The van der Waals surface area contributed by atoms with E-state index < -0.39 is 0 Å². The van der Waals surface area contributed by atoms with E-state index in [-0.39, 0.29) is 18.2 Å². The second kappa shape index (κ2) is 6.68. The first-order chi connectivity index (χ1) is 8.17. The van der Waals surface area contributed by atoms with Gasteiger partial charge in [-0.2, -0.15) is 0 Å². The van der Waals surface area contributed by atoms with Gasteiger partial charge in [0.15, 0.2) is 0 Å². The lowest BCUT2D eigenvalue weighted by atomic mass is 10.1. The molecule has 3 nitrogen and oxygen atoms in total. The molecule has 4 heteroatoms. The first-order valence-corrected chi connectivity index (χ1v) is 5.33. The molecule has 0 spiro atoms. The summed E-state index contributed by atoms with van der Waals surface area (Å²) in [7, 11) is 1.47. The number of ether oxygens (including phenoxy) is 2. The minimum atomic E-state index is -0.357. The van der Waals surface area contributed by atoms with Crippen molar-refractivity contribution in [2.24, 2.45) is 0 Å². The zero-order chi connectivity index (χ0) is 12.7. The van der Waals surface area contributed by atoms with E-state index in [0.29, 0.717) is 12.4 Å². The quantitative estimate of drug-likeness (QED) is 0.740. The van der Waals surface area contributed by atoms with E-state index in [1.165, 1.54) is 19.2 Å². The Morgan fingerprint density at radius 2 is 2.24 bits per heavy atom. The monoisotopic (exact) mass is 238 g/mol. The van der Waals surface area contributed by atoms with Crippen molar-refractivity contribution in [1.82, 2.24) is 0 Å². The molecule has 0 aliphatic heterocycles. The summed E-state index contributed by atoms with van der Waals surface area (Å²) < 4.78 is 22.7. The van der Waals surface area contributed by atoms with E-state index in [1.807, 2.05) is 0 Å². The van der Waals surface area contributed by atoms with Crippen molar-refractivity contribution >= 4 is 12.0 Å². The molecule has 1 aromatic carbocycles. The fourth-order valence-electron chi connectivity index (χ4n) is 1.32. The van der Waals surface area contributed by atoms with Crippen molar-refractivity contribution in [2.45, 2.75) is 13.3 Å². The highest BCUT2D eigenvalue weighted by molar-refractivity contribution is 5.73. The van der Waals surface area contributed by atoms with Gasteiger partial charge in [-0.25, -0.2) is 4.39 Å². The summed E-state index contributed by atoms with van der Waals surface area (Å²) in [5.41, 5.74) is 0.721. The maximum absolute atomic E-state index is 12.9. The molecule has 0 unspecified atom stereocenters. The van der Waals surface area contributed by atoms with Crippen LogP contribution in [0.15, 0.2) is 24.3 Å². The molecule has 0 bridgehead atoms. The second-order valence-corrected chi connectivity index (χ2v) is 3.30. The van der Waals surface area contributed by atoms with Crippen LogP contribution in [0.3, 0.4) is 0 Å². The van der Waals surface area contributed by atoms with Crippen LogP contribution >= 0.6 is 0 Å². The molecule has 1 rings (SSSR count). The highest BCUT2D eigenvalue weighted by atomic mass is 19.1. The minimum absolute atomic E-state index is 0.189. The number of carbonyl (C=O) groups excluding carboxylic acids is 1. The lowest BCUT2D eigenvalue weighted by Gasteiger charge is -2.04. The lowest BCUT2D eigenvalue weighted by Crippen LogP contribution is -2.01. The lowest BCUT2D eigenvalue weighted by molar-refractivity contribution is -0.142. The zero-order valence-electron chi connectivity index (χ0n) is 9.90. The topological polar surface area (TPSA) is 35.5 Å². The Morgan fingerprint density at radius 1 is 1.47 bits per heavy atom. The number of hydrogen-bond donors (Lipinski definition) is 0. The van der Waals surface area contributed by atoms with Crippen molar-refractivity contribution in [2.75, 3.05) is 13.7 Å². The van der Waals surface area contributed by atoms with Crippen LogP contribution in [0.4, 0.5) is 4.39 Å². The van der Waals surface area contributed by atoms with Gasteiger partial charge in [0.1, 0.15) is 11.6 Å². The molecular weight excluding hydrogens is 223 g/mol. The van der Waals surface area contributed by atoms with Crippen LogP contribution in [0.5, 0.6) is 5.75 Å². The molecule has 17 heavy (non-hydrogen) atoms. The predicted molar refractivity (Wildman–Crippen MR) is 63.2 cm³/mol. The number of benzene rings is 1. The molecule has 0 amide bonds. The van der Waals surface area contributed by atoms with Crippen LogP contribution in [-0.2, 0) is 9.53 Å². The number of rotatable bonds is 5. The van der Waals surface area contributed by atoms with Crippen LogP contribution in [0.25, 0.3) is 6.08 Å². The van der Waals surface area contributed by atoms with E-state index in [4.69, 9.17) is 9.47 Å². The molecule has 0 atom stereocenters. The van der Waals surface area contributed by atoms with Gasteiger partial charge in [0.05, 0.1) is 20.1 Å². The third kappa shape index (κ3) is 4.26. The maximum atomic E-state index is 12.9. The van der Waals surface area contributed by atoms with Crippen LogP contribution in [-0.4, -0.2) is 19.7 Å². The Kier molecular flexibility index (Phi) is 5.20. The van der Waals surface area contributed by atoms with E-state index in [9.17, 15) is 9.18 Å². The number of carbonyl (C=O) groups is 1. The summed E-state index contributed by atoms with van der Waals surface area (Å²) >= 11 is 0. The van der Waals surface area contributed by atoms with Gasteiger partial charge >= 0.3 is 5.97 Å². The summed E-state index contributed by atoms with van der Waals surface area (Å²) in [6.07, 6.45) is 3.55. The highest BCUT2D eigenvalue weighted by Gasteiger charge is 2.02. The van der Waals surface area contributed by atoms with Crippen LogP contribution in [0, 0.1) is 5.82 Å². The largest absolute Gasteiger partial charge is 0.496 e. The van der Waals surface area contributed by atoms with E-state index in [0.717, 1.165) is 5.56 Å². The molecule has 0 N–H and O–H groups in total. The highest BCUT2D eigenvalue weighted by Crippen LogP contribution is 2.20. The van der Waals surface area contributed by atoms with E-state index in [1.54, 1.807) is 25.1 Å². The predicted octanol–water partition coefficient (Wildman–Crippen LogP) is 2.80. The normalized spacial score (nSPS) is 10.5. The molecule has 0 heterocycles. The van der Waals surface area contributed by atoms with Crippen molar-refractivity contribution in [1.29, 1.82) is 0 Å². The van der Waals surface area contributed by atoms with Gasteiger partial charge in [0.25, 0.3) is 0 Å². The molecule has 0 aliphatic carbocycles. The average molecular weight is 238 g/mol. The van der Waals surface area contributed by atoms with Gasteiger partial charge in [-0.15, -0.1) is 0 Å². The third-order valence-corrected chi connectivity index (χ3v) is 2.08. The van der Waals surface area contributed by atoms with Crippen LogP contribution in [0.1, 0.15) is 18.9 Å². The first-order valence-electron chi connectivity index (χ1n) is 5.33. The standard InChI is InChI=1S/C13H15FO3/c1-3-17-13(15)6-4-5-10-7-8-11(14)9-12(10)16-2/h4-5,7-9H,3,6H2,1-2H3. The van der Waals surface area contributed by atoms with E-state index >= 15 is 0 Å². The Hall–Kier alpha value is -1.84. The van der Waals surface area contributed by atoms with Gasteiger partial charge < -0.3 is 9.47 Å². The molecule has 1 aromatic rings. The van der Waals surface area contributed by atoms with Crippen molar-refractivity contribution < 1.29 is 18.7 Å². The van der Waals surface area contributed by atoms with Gasteiger partial charge in [-0.1, -0.05) is 12.2 Å². The molecule has 0 saturated heterocycles. The minimum Gasteiger partial charge on any atom is -0.496 e. The van der Waals surface area contributed by atoms with Crippen molar-refractivity contribution in [3.05, 3.63) is 35.7 Å². The smallest absolute Gasteiger partial charge is 0.309 e. The number of halogens is 1. The first kappa shape index (κ1) is 13.2. The number of methoxy groups -OCH3 is 1. The van der Waals surface area contributed by atoms with Gasteiger partial charge in [-0.05, 0) is 19.1 Å². The van der Waals surface area contributed by atoms with Crippen LogP contribution in [0.2, 0.25) is 0 Å². The van der Waals surface area contributed by atoms with Crippen molar-refractivity contribution in [3.63, 3.8) is 0 Å². The average Bonchev–Trinajstić information content (AvgIpc) is 2.31. The zero-order valence-corrected chi connectivity index (χ0v) is 9.90. The van der Waals surface area contributed by atoms with Crippen LogP contribution < -0.4 is 4.74 Å². The summed E-state index contributed by atoms with van der Waals surface area (Å²) in [5.74, 6) is -0.209. The molecule has 0 saturated carbocycles. The fraction of sp³-hybridized carbons (Fsp3) is 0.308. The molecule has 0 aromatic heterocycles. The number of hydrogen-bond acceptors (Lipinski definition) is 3. The summed E-state index contributed by atoms with van der Waals surface area (Å²) in [6, 6.07) is 4.23. The van der Waals surface area contributed by atoms with E-state index in [2.05, 4.69) is 0 Å². The SMILES string of the molecule is CCOC(=O)CC=Cc1ccc(F)cc1OC. The Morgan fingerprint density at radius 3 is 2.88 bits per heavy atom. The molecule has 0 radical (unpaired) electrons. The van der Waals surface area contributed by atoms with Gasteiger partial charge in [0.2, 0.25) is 0 Å².